The summed E-state index contributed by atoms with van der Waals surface area (Å²) in [4.78, 5) is 21.7. The number of nitriles is 1. The SMILES string of the molecule is CC(C)(C)OC(=O)NCCC=Cc1cc(C#N)cc([N+](=O)[O-])c1. The lowest BCUT2D eigenvalue weighted by molar-refractivity contribution is -0.384. The minimum atomic E-state index is -0.545. The van der Waals surface area contributed by atoms with Gasteiger partial charge in [0.1, 0.15) is 5.60 Å². The molecule has 1 aromatic carbocycles. The van der Waals surface area contributed by atoms with Gasteiger partial charge in [-0.1, -0.05) is 12.2 Å². The van der Waals surface area contributed by atoms with E-state index in [1.165, 1.54) is 12.1 Å². The molecule has 122 valence electrons. The summed E-state index contributed by atoms with van der Waals surface area (Å²) in [5.41, 5.74) is 0.116. The van der Waals surface area contributed by atoms with Gasteiger partial charge >= 0.3 is 6.09 Å². The molecule has 0 atom stereocenters. The predicted octanol–water partition coefficient (Wildman–Crippen LogP) is 3.39. The maximum Gasteiger partial charge on any atom is 0.407 e. The average molecular weight is 317 g/mol. The fourth-order valence-corrected chi connectivity index (χ4v) is 1.69. The van der Waals surface area contributed by atoms with Crippen LogP contribution in [0.2, 0.25) is 0 Å². The Morgan fingerprint density at radius 3 is 2.70 bits per heavy atom. The number of alkyl carbamates (subject to hydrolysis) is 1. The van der Waals surface area contributed by atoms with Crippen LogP contribution in [0, 0.1) is 21.4 Å². The molecule has 0 aliphatic carbocycles. The maximum atomic E-state index is 11.4. The molecule has 0 spiro atoms. The monoisotopic (exact) mass is 317 g/mol. The van der Waals surface area contributed by atoms with Crippen molar-refractivity contribution in [2.24, 2.45) is 0 Å². The maximum absolute atomic E-state index is 11.4. The summed E-state index contributed by atoms with van der Waals surface area (Å²) >= 11 is 0. The molecule has 7 heteroatoms. The van der Waals surface area contributed by atoms with Crippen LogP contribution in [0.4, 0.5) is 10.5 Å². The Bertz CT molecular complexity index is 654. The number of hydrogen-bond donors (Lipinski definition) is 1. The number of carbonyl (C=O) groups excluding carboxylic acids is 1. The number of nitrogens with one attached hydrogen (secondary N) is 1. The third kappa shape index (κ3) is 7.09. The molecule has 1 amide bonds. The Morgan fingerprint density at radius 1 is 1.43 bits per heavy atom. The third-order valence-corrected chi connectivity index (χ3v) is 2.57. The highest BCUT2D eigenvalue weighted by Crippen LogP contribution is 2.18. The first-order valence-corrected chi connectivity index (χ1v) is 7.04. The lowest BCUT2D eigenvalue weighted by Crippen LogP contribution is -2.32. The van der Waals surface area contributed by atoms with Gasteiger partial charge in [-0.3, -0.25) is 10.1 Å². The van der Waals surface area contributed by atoms with E-state index in [0.29, 0.717) is 18.5 Å². The van der Waals surface area contributed by atoms with Crippen LogP contribution in [0.5, 0.6) is 0 Å². The van der Waals surface area contributed by atoms with Crippen molar-refractivity contribution in [3.63, 3.8) is 0 Å². The van der Waals surface area contributed by atoms with Crippen LogP contribution in [0.1, 0.15) is 38.3 Å². The van der Waals surface area contributed by atoms with Gasteiger partial charge in [-0.15, -0.1) is 0 Å². The Labute approximate surface area is 134 Å². The molecule has 7 nitrogen and oxygen atoms in total. The van der Waals surface area contributed by atoms with Crippen LogP contribution in [0.25, 0.3) is 6.08 Å². The molecular formula is C16H19N3O4. The Hall–Kier alpha value is -2.88. The standard InChI is InChI=1S/C16H19N3O4/c1-16(2,3)23-15(20)18-7-5-4-6-12-8-13(11-17)10-14(9-12)19(21)22/h4,6,8-10H,5,7H2,1-3H3,(H,18,20). The third-order valence-electron chi connectivity index (χ3n) is 2.57. The summed E-state index contributed by atoms with van der Waals surface area (Å²) < 4.78 is 5.09. The molecule has 0 aromatic heterocycles. The van der Waals surface area contributed by atoms with Gasteiger partial charge in [0, 0.05) is 18.7 Å². The van der Waals surface area contributed by atoms with E-state index in [0.717, 1.165) is 0 Å². The van der Waals surface area contributed by atoms with Gasteiger partial charge in [0.25, 0.3) is 5.69 Å². The topological polar surface area (TPSA) is 105 Å². The Balaban J connectivity index is 2.56. The summed E-state index contributed by atoms with van der Waals surface area (Å²) in [6.45, 7) is 5.72. The van der Waals surface area contributed by atoms with Crippen LogP contribution in [0.15, 0.2) is 24.3 Å². The summed E-state index contributed by atoms with van der Waals surface area (Å²) in [5.74, 6) is 0. The molecule has 0 aliphatic heterocycles. The highest BCUT2D eigenvalue weighted by Gasteiger charge is 2.15. The molecule has 0 heterocycles. The van der Waals surface area contributed by atoms with Crippen molar-refractivity contribution < 1.29 is 14.5 Å². The second-order valence-electron chi connectivity index (χ2n) is 5.80. The smallest absolute Gasteiger partial charge is 0.407 e. The molecule has 23 heavy (non-hydrogen) atoms. The first-order valence-electron chi connectivity index (χ1n) is 7.04. The molecule has 0 aliphatic rings. The molecular weight excluding hydrogens is 298 g/mol. The van der Waals surface area contributed by atoms with Crippen molar-refractivity contribution in [1.82, 2.24) is 5.32 Å². The second kappa shape index (κ2) is 7.94. The molecule has 0 saturated carbocycles. The Morgan fingerprint density at radius 2 is 2.13 bits per heavy atom. The van der Waals surface area contributed by atoms with Crippen molar-refractivity contribution in [3.05, 3.63) is 45.5 Å². The summed E-state index contributed by atoms with van der Waals surface area (Å²) in [6.07, 6.45) is 3.47. The highest BCUT2D eigenvalue weighted by molar-refractivity contribution is 5.67. The van der Waals surface area contributed by atoms with E-state index >= 15 is 0 Å². The second-order valence-corrected chi connectivity index (χ2v) is 5.80. The van der Waals surface area contributed by atoms with Gasteiger partial charge in [0.15, 0.2) is 0 Å². The van der Waals surface area contributed by atoms with Crippen LogP contribution in [-0.4, -0.2) is 23.2 Å². The quantitative estimate of drug-likeness (QED) is 0.509. The summed E-state index contributed by atoms with van der Waals surface area (Å²) in [7, 11) is 0. The number of non-ortho nitro benzene ring substituents is 1. The first kappa shape index (κ1) is 18.2. The summed E-state index contributed by atoms with van der Waals surface area (Å²) in [6, 6.07) is 6.06. The number of nitro benzene ring substituents is 1. The first-order chi connectivity index (χ1) is 10.7. The molecule has 0 bridgehead atoms. The van der Waals surface area contributed by atoms with E-state index in [4.69, 9.17) is 10.00 Å². The minimum absolute atomic E-state index is 0.129. The normalized spacial score (nSPS) is 11.0. The van der Waals surface area contributed by atoms with E-state index < -0.39 is 16.6 Å². The number of amides is 1. The number of ether oxygens (including phenoxy) is 1. The van der Waals surface area contributed by atoms with E-state index in [1.54, 1.807) is 39.0 Å². The van der Waals surface area contributed by atoms with Crippen LogP contribution in [0.3, 0.4) is 0 Å². The lowest BCUT2D eigenvalue weighted by Gasteiger charge is -2.19. The summed E-state index contributed by atoms with van der Waals surface area (Å²) in [5, 5.41) is 22.3. The number of carbonyl (C=O) groups is 1. The fraction of sp³-hybridized carbons (Fsp3) is 0.375. The number of nitrogens with zero attached hydrogens (tertiary/aromatic N) is 2. The van der Waals surface area contributed by atoms with E-state index in [-0.39, 0.29) is 11.3 Å². The van der Waals surface area contributed by atoms with Gasteiger partial charge in [-0.25, -0.2) is 4.79 Å². The zero-order valence-electron chi connectivity index (χ0n) is 13.3. The number of nitro groups is 1. The van der Waals surface area contributed by atoms with Gasteiger partial charge < -0.3 is 10.1 Å². The number of benzene rings is 1. The zero-order valence-corrected chi connectivity index (χ0v) is 13.3. The average Bonchev–Trinajstić information content (AvgIpc) is 2.44. The minimum Gasteiger partial charge on any atom is -0.444 e. The van der Waals surface area contributed by atoms with Crippen molar-refractivity contribution in [3.8, 4) is 6.07 Å². The van der Waals surface area contributed by atoms with Gasteiger partial charge in [0.2, 0.25) is 0 Å². The van der Waals surface area contributed by atoms with Crippen molar-refractivity contribution >= 4 is 17.9 Å². The van der Waals surface area contributed by atoms with Gasteiger partial charge in [-0.2, -0.15) is 5.26 Å². The van der Waals surface area contributed by atoms with Crippen LogP contribution >= 0.6 is 0 Å². The number of rotatable bonds is 5. The molecule has 0 saturated heterocycles. The zero-order chi connectivity index (χ0) is 17.5. The van der Waals surface area contributed by atoms with Crippen LogP contribution < -0.4 is 5.32 Å². The molecule has 0 radical (unpaired) electrons. The molecule has 1 N–H and O–H groups in total. The van der Waals surface area contributed by atoms with E-state index in [1.807, 2.05) is 6.07 Å². The van der Waals surface area contributed by atoms with Crippen molar-refractivity contribution in [2.75, 3.05) is 6.54 Å². The van der Waals surface area contributed by atoms with Crippen molar-refractivity contribution in [2.45, 2.75) is 32.8 Å². The van der Waals surface area contributed by atoms with E-state index in [2.05, 4.69) is 5.32 Å². The number of hydrogen-bond acceptors (Lipinski definition) is 5. The lowest BCUT2D eigenvalue weighted by atomic mass is 10.1. The predicted molar refractivity (Wildman–Crippen MR) is 85.7 cm³/mol. The molecule has 0 fully saturated rings. The van der Waals surface area contributed by atoms with Gasteiger partial charge in [-0.05, 0) is 38.8 Å². The van der Waals surface area contributed by atoms with Gasteiger partial charge in [0.05, 0.1) is 16.6 Å². The largest absolute Gasteiger partial charge is 0.444 e. The highest BCUT2D eigenvalue weighted by atomic mass is 16.6. The van der Waals surface area contributed by atoms with E-state index in [9.17, 15) is 14.9 Å². The molecule has 0 unspecified atom stereocenters. The van der Waals surface area contributed by atoms with Crippen LogP contribution in [-0.2, 0) is 4.74 Å². The molecule has 1 aromatic rings. The fourth-order valence-electron chi connectivity index (χ4n) is 1.69. The molecule has 1 rings (SSSR count). The Kier molecular flexibility index (Phi) is 6.27. The van der Waals surface area contributed by atoms with Crippen molar-refractivity contribution in [1.29, 1.82) is 5.26 Å².